The Morgan fingerprint density at radius 1 is 0.970 bits per heavy atom. The molecule has 0 atom stereocenters. The molecule has 1 N–H and O–H groups in total. The zero-order valence-corrected chi connectivity index (χ0v) is 18.9. The summed E-state index contributed by atoms with van der Waals surface area (Å²) in [5.74, 6) is 0.454. The van der Waals surface area contributed by atoms with Gasteiger partial charge in [-0.15, -0.1) is 0 Å². The normalized spacial score (nSPS) is 11.2. The van der Waals surface area contributed by atoms with Crippen molar-refractivity contribution in [3.05, 3.63) is 83.4 Å². The van der Waals surface area contributed by atoms with Gasteiger partial charge in [-0.1, -0.05) is 30.3 Å². The monoisotopic (exact) mass is 437 g/mol. The van der Waals surface area contributed by atoms with E-state index in [-0.39, 0.29) is 5.91 Å². The Hall–Kier alpha value is -4.33. The second-order valence-corrected chi connectivity index (χ2v) is 8.03. The molecule has 0 aliphatic heterocycles. The van der Waals surface area contributed by atoms with Crippen LogP contribution in [-0.4, -0.2) is 35.4 Å². The predicted octanol–water partition coefficient (Wildman–Crippen LogP) is 4.39. The van der Waals surface area contributed by atoms with E-state index in [0.29, 0.717) is 28.4 Å². The maximum absolute atomic E-state index is 13.4. The van der Waals surface area contributed by atoms with Crippen LogP contribution in [0.4, 0.5) is 5.69 Å². The van der Waals surface area contributed by atoms with E-state index in [0.717, 1.165) is 28.0 Å². The van der Waals surface area contributed by atoms with Gasteiger partial charge < -0.3 is 5.32 Å². The fraction of sp³-hybridized carbons (Fsp3) is 0.160. The fourth-order valence-corrected chi connectivity index (χ4v) is 4.03. The van der Waals surface area contributed by atoms with E-state index < -0.39 is 0 Å². The molecule has 5 rings (SSSR count). The molecule has 0 bridgehead atoms. The van der Waals surface area contributed by atoms with E-state index in [1.165, 1.54) is 0 Å². The third-order valence-corrected chi connectivity index (χ3v) is 5.52. The maximum Gasteiger partial charge on any atom is 0.256 e. The minimum atomic E-state index is -0.239. The number of amides is 1. The van der Waals surface area contributed by atoms with Crippen LogP contribution in [-0.2, 0) is 7.05 Å². The molecule has 1 aromatic carbocycles. The highest BCUT2D eigenvalue weighted by Gasteiger charge is 2.19. The number of aromatic nitrogens is 6. The standard InChI is InChI=1S/C25H23N7O/c1-15-12-16(2)32(29-15)22-11-10-19(14-26-22)27-25(33)20-13-21(18-8-6-5-7-9-18)28-24-23(20)17(3)30-31(24)4/h5-14H,1-4H3,(H,27,33). The smallest absolute Gasteiger partial charge is 0.256 e. The molecule has 5 aromatic rings. The average molecular weight is 438 g/mol. The van der Waals surface area contributed by atoms with Gasteiger partial charge in [0.05, 0.1) is 39.9 Å². The number of nitrogens with zero attached hydrogens (tertiary/aromatic N) is 6. The Kier molecular flexibility index (Phi) is 4.97. The molecule has 33 heavy (non-hydrogen) atoms. The van der Waals surface area contributed by atoms with Crippen molar-refractivity contribution >= 4 is 22.6 Å². The molecule has 8 heteroatoms. The molecule has 0 spiro atoms. The van der Waals surface area contributed by atoms with E-state index >= 15 is 0 Å². The van der Waals surface area contributed by atoms with Gasteiger partial charge in [0.15, 0.2) is 11.5 Å². The number of carbonyl (C=O) groups excluding carboxylic acids is 1. The minimum Gasteiger partial charge on any atom is -0.321 e. The van der Waals surface area contributed by atoms with Gasteiger partial charge in [0.2, 0.25) is 0 Å². The first-order chi connectivity index (χ1) is 15.9. The van der Waals surface area contributed by atoms with Gasteiger partial charge in [-0.05, 0) is 45.0 Å². The van der Waals surface area contributed by atoms with Gasteiger partial charge in [-0.25, -0.2) is 14.6 Å². The third kappa shape index (κ3) is 3.76. The first-order valence-electron chi connectivity index (χ1n) is 10.6. The summed E-state index contributed by atoms with van der Waals surface area (Å²) in [6.45, 7) is 5.80. The quantitative estimate of drug-likeness (QED) is 0.450. The molecule has 0 radical (unpaired) electrons. The van der Waals surface area contributed by atoms with Crippen molar-refractivity contribution < 1.29 is 4.79 Å². The van der Waals surface area contributed by atoms with Gasteiger partial charge in [-0.2, -0.15) is 10.2 Å². The van der Waals surface area contributed by atoms with Gasteiger partial charge >= 0.3 is 0 Å². The number of hydrogen-bond donors (Lipinski definition) is 1. The van der Waals surface area contributed by atoms with Crippen LogP contribution in [0.2, 0.25) is 0 Å². The number of hydrogen-bond acceptors (Lipinski definition) is 5. The first-order valence-corrected chi connectivity index (χ1v) is 10.6. The summed E-state index contributed by atoms with van der Waals surface area (Å²) in [6.07, 6.45) is 1.64. The van der Waals surface area contributed by atoms with E-state index in [1.807, 2.05) is 82.4 Å². The zero-order valence-electron chi connectivity index (χ0n) is 18.9. The number of aryl methyl sites for hydroxylation is 4. The van der Waals surface area contributed by atoms with Crippen LogP contribution in [0.5, 0.6) is 0 Å². The minimum absolute atomic E-state index is 0.239. The lowest BCUT2D eigenvalue weighted by molar-refractivity contribution is 0.102. The summed E-state index contributed by atoms with van der Waals surface area (Å²) in [6, 6.07) is 17.3. The molecular formula is C25H23N7O. The highest BCUT2D eigenvalue weighted by molar-refractivity contribution is 6.13. The van der Waals surface area contributed by atoms with Gasteiger partial charge in [0.1, 0.15) is 0 Å². The Morgan fingerprint density at radius 2 is 1.76 bits per heavy atom. The molecule has 8 nitrogen and oxygen atoms in total. The fourth-order valence-electron chi connectivity index (χ4n) is 4.03. The van der Waals surface area contributed by atoms with Crippen LogP contribution in [0.25, 0.3) is 28.1 Å². The number of fused-ring (bicyclic) bond motifs is 1. The molecule has 4 aromatic heterocycles. The molecule has 0 fully saturated rings. The predicted molar refractivity (Wildman–Crippen MR) is 127 cm³/mol. The SMILES string of the molecule is Cc1cc(C)n(-c2ccc(NC(=O)c3cc(-c4ccccc4)nc4c3c(C)nn4C)cn2)n1. The molecule has 0 saturated heterocycles. The van der Waals surface area contributed by atoms with Gasteiger partial charge in [0, 0.05) is 18.3 Å². The summed E-state index contributed by atoms with van der Waals surface area (Å²) in [7, 11) is 1.83. The summed E-state index contributed by atoms with van der Waals surface area (Å²) >= 11 is 0. The number of carbonyl (C=O) groups is 1. The topological polar surface area (TPSA) is 90.5 Å². The van der Waals surface area contributed by atoms with Crippen LogP contribution in [0.3, 0.4) is 0 Å². The van der Waals surface area contributed by atoms with Gasteiger partial charge in [0.25, 0.3) is 5.91 Å². The molecular weight excluding hydrogens is 414 g/mol. The second kappa shape index (κ2) is 7.98. The average Bonchev–Trinajstić information content (AvgIpc) is 3.31. The molecule has 164 valence electrons. The number of rotatable bonds is 4. The molecule has 0 aliphatic rings. The van der Waals surface area contributed by atoms with Crippen LogP contribution < -0.4 is 5.32 Å². The summed E-state index contributed by atoms with van der Waals surface area (Å²) < 4.78 is 3.48. The van der Waals surface area contributed by atoms with E-state index in [2.05, 4.69) is 20.5 Å². The zero-order chi connectivity index (χ0) is 23.1. The lowest BCUT2D eigenvalue weighted by Gasteiger charge is -2.10. The van der Waals surface area contributed by atoms with Crippen molar-refractivity contribution in [2.75, 3.05) is 5.32 Å². The summed E-state index contributed by atoms with van der Waals surface area (Å²) in [5, 5.41) is 12.6. The van der Waals surface area contributed by atoms with Crippen molar-refractivity contribution in [1.29, 1.82) is 0 Å². The van der Waals surface area contributed by atoms with Crippen LogP contribution in [0.15, 0.2) is 60.8 Å². The van der Waals surface area contributed by atoms with E-state index in [1.54, 1.807) is 15.6 Å². The number of benzene rings is 1. The Bertz CT molecular complexity index is 1480. The van der Waals surface area contributed by atoms with Crippen molar-refractivity contribution in [3.8, 4) is 17.1 Å². The molecule has 4 heterocycles. The van der Waals surface area contributed by atoms with E-state index in [4.69, 9.17) is 4.98 Å². The van der Waals surface area contributed by atoms with Crippen molar-refractivity contribution in [2.24, 2.45) is 7.05 Å². The molecule has 0 aliphatic carbocycles. The summed E-state index contributed by atoms with van der Waals surface area (Å²) in [5.41, 5.74) is 6.10. The Labute approximate surface area is 190 Å². The van der Waals surface area contributed by atoms with Crippen LogP contribution in [0, 0.1) is 20.8 Å². The number of pyridine rings is 2. The summed E-state index contributed by atoms with van der Waals surface area (Å²) in [4.78, 5) is 22.6. The molecule has 0 saturated carbocycles. The van der Waals surface area contributed by atoms with E-state index in [9.17, 15) is 4.79 Å². The van der Waals surface area contributed by atoms with Crippen molar-refractivity contribution in [3.63, 3.8) is 0 Å². The lowest BCUT2D eigenvalue weighted by atomic mass is 10.0. The molecule has 1 amide bonds. The highest BCUT2D eigenvalue weighted by Crippen LogP contribution is 2.27. The first kappa shape index (κ1) is 20.6. The third-order valence-electron chi connectivity index (χ3n) is 5.52. The molecule has 0 unspecified atom stereocenters. The van der Waals surface area contributed by atoms with Crippen molar-refractivity contribution in [1.82, 2.24) is 29.5 Å². The van der Waals surface area contributed by atoms with Gasteiger partial charge in [-0.3, -0.25) is 9.48 Å². The Balaban J connectivity index is 1.51. The maximum atomic E-state index is 13.4. The highest BCUT2D eigenvalue weighted by atomic mass is 16.1. The van der Waals surface area contributed by atoms with Crippen LogP contribution >= 0.6 is 0 Å². The van der Waals surface area contributed by atoms with Crippen molar-refractivity contribution in [2.45, 2.75) is 20.8 Å². The second-order valence-electron chi connectivity index (χ2n) is 8.03. The Morgan fingerprint density at radius 3 is 2.42 bits per heavy atom. The largest absolute Gasteiger partial charge is 0.321 e. The number of nitrogens with one attached hydrogen (secondary N) is 1. The van der Waals surface area contributed by atoms with Crippen LogP contribution in [0.1, 0.15) is 27.4 Å². The number of anilines is 1. The lowest BCUT2D eigenvalue weighted by Crippen LogP contribution is -2.14.